The first-order valence-electron chi connectivity index (χ1n) is 10.4. The van der Waals surface area contributed by atoms with Gasteiger partial charge in [0.15, 0.2) is 0 Å². The summed E-state index contributed by atoms with van der Waals surface area (Å²) in [5.41, 5.74) is 10.2. The molecule has 0 rings (SSSR count). The Morgan fingerprint density at radius 1 is 0.480 bits per heavy atom. The fourth-order valence-electron chi connectivity index (χ4n) is 3.01. The highest BCUT2D eigenvalue weighted by Gasteiger charge is 1.96. The van der Waals surface area contributed by atoms with Gasteiger partial charge in [0, 0.05) is 12.8 Å². The Bertz CT molecular complexity index is 292. The minimum absolute atomic E-state index is 0.170. The molecule has 0 fully saturated rings. The van der Waals surface area contributed by atoms with Gasteiger partial charge in [-0.15, -0.1) is 0 Å². The average Bonchev–Trinajstić information content (AvgIpc) is 2.56. The molecule has 0 heterocycles. The second kappa shape index (κ2) is 19.2. The highest BCUT2D eigenvalue weighted by molar-refractivity contribution is 5.73. The summed E-state index contributed by atoms with van der Waals surface area (Å²) in [5.74, 6) is -0.376. The van der Waals surface area contributed by atoms with Gasteiger partial charge in [0.05, 0.1) is 0 Å². The SMILES string of the molecule is NC(=O)CCCCCCCCCCCCCCCNCCCC(N)=O. The molecule has 0 aromatic rings. The summed E-state index contributed by atoms with van der Waals surface area (Å²) in [6.45, 7) is 1.95. The summed E-state index contributed by atoms with van der Waals surface area (Å²) in [6, 6.07) is 0. The number of nitrogens with two attached hydrogens (primary N) is 2. The normalized spacial score (nSPS) is 10.9. The molecular weight excluding hydrogens is 314 g/mol. The van der Waals surface area contributed by atoms with Crippen LogP contribution in [-0.4, -0.2) is 24.9 Å². The van der Waals surface area contributed by atoms with E-state index in [2.05, 4.69) is 5.32 Å². The van der Waals surface area contributed by atoms with E-state index in [9.17, 15) is 9.59 Å². The van der Waals surface area contributed by atoms with Crippen molar-refractivity contribution >= 4 is 11.8 Å². The summed E-state index contributed by atoms with van der Waals surface area (Å²) < 4.78 is 0. The molecule has 0 saturated heterocycles. The van der Waals surface area contributed by atoms with E-state index in [1.807, 2.05) is 0 Å². The Balaban J connectivity index is 3.00. The topological polar surface area (TPSA) is 98.2 Å². The first kappa shape index (κ1) is 23.9. The zero-order valence-electron chi connectivity index (χ0n) is 16.2. The summed E-state index contributed by atoms with van der Waals surface area (Å²) in [6.07, 6.45) is 18.5. The van der Waals surface area contributed by atoms with E-state index >= 15 is 0 Å². The molecule has 148 valence electrons. The number of carbonyl (C=O) groups is 2. The van der Waals surface area contributed by atoms with Gasteiger partial charge in [0.2, 0.25) is 11.8 Å². The zero-order valence-corrected chi connectivity index (χ0v) is 16.2. The second-order valence-electron chi connectivity index (χ2n) is 7.13. The predicted molar refractivity (Wildman–Crippen MR) is 105 cm³/mol. The Hall–Kier alpha value is -1.10. The van der Waals surface area contributed by atoms with Gasteiger partial charge in [-0.2, -0.15) is 0 Å². The van der Waals surface area contributed by atoms with Gasteiger partial charge in [-0.25, -0.2) is 0 Å². The van der Waals surface area contributed by atoms with E-state index in [0.29, 0.717) is 12.8 Å². The molecule has 0 aromatic heterocycles. The Kier molecular flexibility index (Phi) is 18.4. The van der Waals surface area contributed by atoms with Crippen LogP contribution in [-0.2, 0) is 9.59 Å². The molecule has 0 atom stereocenters. The van der Waals surface area contributed by atoms with E-state index in [-0.39, 0.29) is 11.8 Å². The number of hydrogen-bond donors (Lipinski definition) is 3. The largest absolute Gasteiger partial charge is 0.370 e. The van der Waals surface area contributed by atoms with Crippen LogP contribution < -0.4 is 16.8 Å². The van der Waals surface area contributed by atoms with Crippen molar-refractivity contribution < 1.29 is 9.59 Å². The Labute approximate surface area is 154 Å². The third kappa shape index (κ3) is 22.9. The van der Waals surface area contributed by atoms with Crippen LogP contribution in [0.3, 0.4) is 0 Å². The van der Waals surface area contributed by atoms with Crippen LogP contribution >= 0.6 is 0 Å². The Morgan fingerprint density at radius 2 is 0.800 bits per heavy atom. The number of rotatable bonds is 20. The first-order valence-corrected chi connectivity index (χ1v) is 10.4. The number of primary amides is 2. The van der Waals surface area contributed by atoms with Gasteiger partial charge in [0.25, 0.3) is 0 Å². The molecule has 0 bridgehead atoms. The molecule has 25 heavy (non-hydrogen) atoms. The molecule has 0 aliphatic carbocycles. The summed E-state index contributed by atoms with van der Waals surface area (Å²) in [5, 5.41) is 3.36. The van der Waals surface area contributed by atoms with Crippen molar-refractivity contribution in [3.05, 3.63) is 0 Å². The zero-order chi connectivity index (χ0) is 18.6. The molecule has 5 nitrogen and oxygen atoms in total. The first-order chi connectivity index (χ1) is 12.1. The van der Waals surface area contributed by atoms with Gasteiger partial charge in [-0.1, -0.05) is 70.6 Å². The van der Waals surface area contributed by atoms with Crippen molar-refractivity contribution in [1.29, 1.82) is 0 Å². The molecule has 5 N–H and O–H groups in total. The van der Waals surface area contributed by atoms with Gasteiger partial charge in [0.1, 0.15) is 0 Å². The summed E-state index contributed by atoms with van der Waals surface area (Å²) >= 11 is 0. The monoisotopic (exact) mass is 355 g/mol. The molecule has 0 aromatic carbocycles. The lowest BCUT2D eigenvalue weighted by molar-refractivity contribution is -0.118. The highest BCUT2D eigenvalue weighted by atomic mass is 16.1. The van der Waals surface area contributed by atoms with Crippen LogP contribution in [0, 0.1) is 0 Å². The maximum atomic E-state index is 10.6. The van der Waals surface area contributed by atoms with E-state index in [1.165, 1.54) is 70.6 Å². The Morgan fingerprint density at radius 3 is 1.24 bits per heavy atom. The van der Waals surface area contributed by atoms with E-state index in [4.69, 9.17) is 11.5 Å². The lowest BCUT2D eigenvalue weighted by Gasteiger charge is -2.05. The molecule has 0 aliphatic rings. The number of hydrogen-bond acceptors (Lipinski definition) is 3. The minimum Gasteiger partial charge on any atom is -0.370 e. The van der Waals surface area contributed by atoms with E-state index < -0.39 is 0 Å². The number of nitrogens with one attached hydrogen (secondary N) is 1. The summed E-state index contributed by atoms with van der Waals surface area (Å²) in [4.78, 5) is 21.2. The lowest BCUT2D eigenvalue weighted by atomic mass is 10.0. The van der Waals surface area contributed by atoms with Crippen LogP contribution in [0.25, 0.3) is 0 Å². The average molecular weight is 356 g/mol. The van der Waals surface area contributed by atoms with Crippen LogP contribution in [0.1, 0.15) is 103 Å². The maximum Gasteiger partial charge on any atom is 0.217 e. The smallest absolute Gasteiger partial charge is 0.217 e. The maximum absolute atomic E-state index is 10.6. The number of amides is 2. The highest BCUT2D eigenvalue weighted by Crippen LogP contribution is 2.12. The quantitative estimate of drug-likeness (QED) is 0.290. The molecule has 0 aliphatic heterocycles. The predicted octanol–water partition coefficient (Wildman–Crippen LogP) is 3.79. The fourth-order valence-corrected chi connectivity index (χ4v) is 3.01. The van der Waals surface area contributed by atoms with E-state index in [1.54, 1.807) is 0 Å². The third-order valence-corrected chi connectivity index (χ3v) is 4.55. The van der Waals surface area contributed by atoms with Crippen molar-refractivity contribution in [2.24, 2.45) is 11.5 Å². The van der Waals surface area contributed by atoms with Crippen molar-refractivity contribution in [2.45, 2.75) is 103 Å². The van der Waals surface area contributed by atoms with Crippen LogP contribution in [0.5, 0.6) is 0 Å². The molecule has 0 unspecified atom stereocenters. The van der Waals surface area contributed by atoms with Crippen LogP contribution in [0.15, 0.2) is 0 Å². The molecule has 0 spiro atoms. The van der Waals surface area contributed by atoms with Crippen LogP contribution in [0.4, 0.5) is 0 Å². The molecule has 2 amide bonds. The standard InChI is InChI=1S/C20H41N3O2/c21-19(24)15-12-10-8-6-4-2-1-3-5-7-9-11-13-17-23-18-14-16-20(22)25/h23H,1-18H2,(H2,21,24)(H2,22,25). The van der Waals surface area contributed by atoms with E-state index in [0.717, 1.165) is 32.4 Å². The molecule has 0 saturated carbocycles. The van der Waals surface area contributed by atoms with Crippen LogP contribution in [0.2, 0.25) is 0 Å². The molecule has 5 heteroatoms. The van der Waals surface area contributed by atoms with Gasteiger partial charge < -0.3 is 16.8 Å². The van der Waals surface area contributed by atoms with Crippen molar-refractivity contribution in [3.8, 4) is 0 Å². The van der Waals surface area contributed by atoms with Crippen molar-refractivity contribution in [1.82, 2.24) is 5.32 Å². The minimum atomic E-state index is -0.206. The third-order valence-electron chi connectivity index (χ3n) is 4.55. The molecular formula is C20H41N3O2. The van der Waals surface area contributed by atoms with Crippen molar-refractivity contribution in [3.63, 3.8) is 0 Å². The summed E-state index contributed by atoms with van der Waals surface area (Å²) in [7, 11) is 0. The van der Waals surface area contributed by atoms with Gasteiger partial charge in [-0.3, -0.25) is 9.59 Å². The van der Waals surface area contributed by atoms with Gasteiger partial charge in [-0.05, 0) is 32.4 Å². The fraction of sp³-hybridized carbons (Fsp3) is 0.900. The van der Waals surface area contributed by atoms with Gasteiger partial charge >= 0.3 is 0 Å². The lowest BCUT2D eigenvalue weighted by Crippen LogP contribution is -2.19. The number of unbranched alkanes of at least 4 members (excludes halogenated alkanes) is 12. The second-order valence-corrected chi connectivity index (χ2v) is 7.13. The number of carbonyl (C=O) groups excluding carboxylic acids is 2. The molecule has 0 radical (unpaired) electrons. The van der Waals surface area contributed by atoms with Crippen molar-refractivity contribution in [2.75, 3.05) is 13.1 Å².